The van der Waals surface area contributed by atoms with Gasteiger partial charge < -0.3 is 10.2 Å². The molecule has 4 nitrogen and oxygen atoms in total. The van der Waals surface area contributed by atoms with E-state index in [1.165, 1.54) is 13.0 Å². The van der Waals surface area contributed by atoms with Crippen LogP contribution in [0.4, 0.5) is 5.82 Å². The van der Waals surface area contributed by atoms with Crippen LogP contribution in [-0.4, -0.2) is 35.6 Å². The summed E-state index contributed by atoms with van der Waals surface area (Å²) in [7, 11) is 0. The van der Waals surface area contributed by atoms with E-state index in [0.717, 1.165) is 18.9 Å². The zero-order valence-electron chi connectivity index (χ0n) is 11.1. The third kappa shape index (κ3) is 3.21. The number of hydrogen-bond donors (Lipinski definition) is 1. The molecule has 0 amide bonds. The lowest BCUT2D eigenvalue weighted by Gasteiger charge is -2.20. The molecule has 0 aromatic carbocycles. The average molecular weight is 244 g/mol. The summed E-state index contributed by atoms with van der Waals surface area (Å²) in [5.74, 6) is 1.48. The van der Waals surface area contributed by atoms with Crippen LogP contribution in [-0.2, 0) is 0 Å². The highest BCUT2D eigenvalue weighted by Gasteiger charge is 2.23. The van der Waals surface area contributed by atoms with Gasteiger partial charge in [0.15, 0.2) is 0 Å². The van der Waals surface area contributed by atoms with Crippen LogP contribution >= 0.6 is 0 Å². The molecule has 0 aliphatic carbocycles. The molecule has 1 aromatic rings. The molecular weight excluding hydrogens is 224 g/mol. The summed E-state index contributed by atoms with van der Waals surface area (Å²) < 4.78 is 0. The van der Waals surface area contributed by atoms with Crippen molar-refractivity contribution in [3.63, 3.8) is 0 Å². The Labute approximate surface area is 109 Å². The van der Waals surface area contributed by atoms with Gasteiger partial charge in [0.2, 0.25) is 0 Å². The second kappa shape index (κ2) is 5.83. The van der Waals surface area contributed by atoms with Crippen molar-refractivity contribution in [2.75, 3.05) is 25.0 Å². The SMILES string of the molecule is CC(C)N1CCC(CNc2cccc(C#N)n2)C1. The predicted molar refractivity (Wildman–Crippen MR) is 72.3 cm³/mol. The normalized spacial score (nSPS) is 20.0. The Morgan fingerprint density at radius 2 is 2.39 bits per heavy atom. The van der Waals surface area contributed by atoms with Gasteiger partial charge in [-0.05, 0) is 44.9 Å². The molecule has 1 aliphatic rings. The third-order valence-corrected chi connectivity index (χ3v) is 3.48. The molecule has 0 spiro atoms. The molecular formula is C14H20N4. The molecule has 1 unspecified atom stereocenters. The number of nitrogens with zero attached hydrogens (tertiary/aromatic N) is 3. The van der Waals surface area contributed by atoms with E-state index in [0.29, 0.717) is 17.7 Å². The Balaban J connectivity index is 1.83. The van der Waals surface area contributed by atoms with Crippen LogP contribution in [0, 0.1) is 17.2 Å². The molecule has 0 radical (unpaired) electrons. The predicted octanol–water partition coefficient (Wildman–Crippen LogP) is 2.10. The van der Waals surface area contributed by atoms with Gasteiger partial charge in [-0.15, -0.1) is 0 Å². The third-order valence-electron chi connectivity index (χ3n) is 3.48. The minimum Gasteiger partial charge on any atom is -0.370 e. The van der Waals surface area contributed by atoms with E-state index in [1.807, 2.05) is 12.1 Å². The number of pyridine rings is 1. The minimum atomic E-state index is 0.468. The lowest BCUT2D eigenvalue weighted by molar-refractivity contribution is 0.266. The van der Waals surface area contributed by atoms with Gasteiger partial charge in [0.1, 0.15) is 17.6 Å². The average Bonchev–Trinajstić information content (AvgIpc) is 2.85. The highest BCUT2D eigenvalue weighted by atomic mass is 15.2. The van der Waals surface area contributed by atoms with E-state index in [-0.39, 0.29) is 0 Å². The molecule has 0 bridgehead atoms. The number of hydrogen-bond acceptors (Lipinski definition) is 4. The highest BCUT2D eigenvalue weighted by Crippen LogP contribution is 2.18. The van der Waals surface area contributed by atoms with Crippen molar-refractivity contribution >= 4 is 5.82 Å². The number of rotatable bonds is 4. The summed E-state index contributed by atoms with van der Waals surface area (Å²) >= 11 is 0. The van der Waals surface area contributed by atoms with Crippen LogP contribution in [0.25, 0.3) is 0 Å². The molecule has 18 heavy (non-hydrogen) atoms. The van der Waals surface area contributed by atoms with Crippen molar-refractivity contribution in [1.82, 2.24) is 9.88 Å². The highest BCUT2D eigenvalue weighted by molar-refractivity contribution is 5.38. The summed E-state index contributed by atoms with van der Waals surface area (Å²) in [6.45, 7) is 7.77. The van der Waals surface area contributed by atoms with Gasteiger partial charge in [-0.25, -0.2) is 4.98 Å². The number of aromatic nitrogens is 1. The first-order chi connectivity index (χ1) is 8.69. The second-order valence-electron chi connectivity index (χ2n) is 5.14. The van der Waals surface area contributed by atoms with E-state index in [9.17, 15) is 0 Å². The molecule has 1 fully saturated rings. The molecule has 2 heterocycles. The quantitative estimate of drug-likeness (QED) is 0.881. The first kappa shape index (κ1) is 12.8. The van der Waals surface area contributed by atoms with Crippen LogP contribution in [0.3, 0.4) is 0 Å². The zero-order valence-corrected chi connectivity index (χ0v) is 11.1. The van der Waals surface area contributed by atoms with E-state index < -0.39 is 0 Å². The Bertz CT molecular complexity index is 436. The van der Waals surface area contributed by atoms with Crippen molar-refractivity contribution in [3.8, 4) is 6.07 Å². The summed E-state index contributed by atoms with van der Waals surface area (Å²) in [4.78, 5) is 6.73. The molecule has 1 atom stereocenters. The van der Waals surface area contributed by atoms with Gasteiger partial charge in [0.25, 0.3) is 0 Å². The van der Waals surface area contributed by atoms with E-state index in [4.69, 9.17) is 5.26 Å². The van der Waals surface area contributed by atoms with Crippen LogP contribution in [0.15, 0.2) is 18.2 Å². The van der Waals surface area contributed by atoms with Crippen molar-refractivity contribution in [3.05, 3.63) is 23.9 Å². The fourth-order valence-electron chi connectivity index (χ4n) is 2.34. The topological polar surface area (TPSA) is 52.0 Å². The molecule has 2 rings (SSSR count). The lowest BCUT2D eigenvalue weighted by Crippen LogP contribution is -2.29. The molecule has 1 N–H and O–H groups in total. The van der Waals surface area contributed by atoms with Crippen molar-refractivity contribution in [2.45, 2.75) is 26.3 Å². The maximum Gasteiger partial charge on any atom is 0.142 e. The summed E-state index contributed by atoms with van der Waals surface area (Å²) in [5, 5.41) is 12.1. The number of nitriles is 1. The largest absolute Gasteiger partial charge is 0.370 e. The van der Waals surface area contributed by atoms with Gasteiger partial charge in [-0.1, -0.05) is 6.07 Å². The second-order valence-corrected chi connectivity index (χ2v) is 5.14. The standard InChI is InChI=1S/C14H20N4/c1-11(2)18-7-6-12(10-18)9-16-14-5-3-4-13(8-15)17-14/h3-5,11-12H,6-7,9-10H2,1-2H3,(H,16,17). The Morgan fingerprint density at radius 3 is 3.06 bits per heavy atom. The van der Waals surface area contributed by atoms with Crippen molar-refractivity contribution in [2.24, 2.45) is 5.92 Å². The Morgan fingerprint density at radius 1 is 1.56 bits per heavy atom. The number of nitrogens with one attached hydrogen (secondary N) is 1. The zero-order chi connectivity index (χ0) is 13.0. The Kier molecular flexibility index (Phi) is 4.16. The monoisotopic (exact) mass is 244 g/mol. The molecule has 1 saturated heterocycles. The number of anilines is 1. The minimum absolute atomic E-state index is 0.468. The molecule has 1 aliphatic heterocycles. The van der Waals surface area contributed by atoms with Gasteiger partial charge in [-0.3, -0.25) is 0 Å². The molecule has 96 valence electrons. The van der Waals surface area contributed by atoms with Gasteiger partial charge in [0, 0.05) is 19.1 Å². The Hall–Kier alpha value is -1.60. The van der Waals surface area contributed by atoms with Crippen molar-refractivity contribution in [1.29, 1.82) is 5.26 Å². The summed E-state index contributed by atoms with van der Waals surface area (Å²) in [5.41, 5.74) is 0.468. The maximum absolute atomic E-state index is 8.79. The van der Waals surface area contributed by atoms with Gasteiger partial charge in [-0.2, -0.15) is 5.26 Å². The lowest BCUT2D eigenvalue weighted by atomic mass is 10.1. The van der Waals surface area contributed by atoms with Crippen LogP contribution in [0.1, 0.15) is 26.0 Å². The smallest absolute Gasteiger partial charge is 0.142 e. The molecule has 4 heteroatoms. The van der Waals surface area contributed by atoms with Gasteiger partial charge in [0.05, 0.1) is 0 Å². The summed E-state index contributed by atoms with van der Waals surface area (Å²) in [6, 6.07) is 8.19. The maximum atomic E-state index is 8.79. The van der Waals surface area contributed by atoms with Crippen molar-refractivity contribution < 1.29 is 0 Å². The van der Waals surface area contributed by atoms with Crippen LogP contribution in [0.5, 0.6) is 0 Å². The van der Waals surface area contributed by atoms with E-state index >= 15 is 0 Å². The van der Waals surface area contributed by atoms with E-state index in [1.54, 1.807) is 6.07 Å². The van der Waals surface area contributed by atoms with E-state index in [2.05, 4.69) is 35.1 Å². The van der Waals surface area contributed by atoms with Crippen LogP contribution < -0.4 is 5.32 Å². The first-order valence-electron chi connectivity index (χ1n) is 6.54. The summed E-state index contributed by atoms with van der Waals surface area (Å²) in [6.07, 6.45) is 1.24. The molecule has 1 aromatic heterocycles. The fourth-order valence-corrected chi connectivity index (χ4v) is 2.34. The van der Waals surface area contributed by atoms with Crippen LogP contribution in [0.2, 0.25) is 0 Å². The number of likely N-dealkylation sites (tertiary alicyclic amines) is 1. The van der Waals surface area contributed by atoms with Gasteiger partial charge >= 0.3 is 0 Å². The fraction of sp³-hybridized carbons (Fsp3) is 0.571. The molecule has 0 saturated carbocycles. The first-order valence-corrected chi connectivity index (χ1v) is 6.54.